The lowest BCUT2D eigenvalue weighted by molar-refractivity contribution is -0.148. The number of aliphatic hydroxyl groups excluding tert-OH is 1. The van der Waals surface area contributed by atoms with E-state index >= 15 is 0 Å². The molecule has 0 saturated carbocycles. The van der Waals surface area contributed by atoms with Crippen molar-refractivity contribution in [2.75, 3.05) is 0 Å². The second kappa shape index (κ2) is 8.51. The minimum Gasteiger partial charge on any atom is -0.479 e. The van der Waals surface area contributed by atoms with Crippen molar-refractivity contribution in [1.82, 2.24) is 5.32 Å². The summed E-state index contributed by atoms with van der Waals surface area (Å²) in [5.41, 5.74) is 6.62. The van der Waals surface area contributed by atoms with Crippen molar-refractivity contribution in [3.8, 4) is 0 Å². The average molecular weight is 308 g/mol. The fraction of sp³-hybridized carbons (Fsp3) is 0.500. The first-order valence-corrected chi connectivity index (χ1v) is 7.32. The number of carboxylic acids is 1. The molecule has 0 aromatic heterocycles. The Bertz CT molecular complexity index is 490. The number of carbonyl (C=O) groups excluding carboxylic acids is 1. The van der Waals surface area contributed by atoms with E-state index in [1.165, 1.54) is 0 Å². The third kappa shape index (κ3) is 5.83. The highest BCUT2D eigenvalue weighted by Gasteiger charge is 2.29. The Morgan fingerprint density at radius 1 is 1.23 bits per heavy atom. The number of amides is 1. The lowest BCUT2D eigenvalue weighted by Gasteiger charge is -2.24. The maximum Gasteiger partial charge on any atom is 0.334 e. The van der Waals surface area contributed by atoms with Gasteiger partial charge in [-0.3, -0.25) is 4.79 Å². The predicted octanol–water partition coefficient (Wildman–Crippen LogP) is 0.533. The highest BCUT2D eigenvalue weighted by Crippen LogP contribution is 2.08. The van der Waals surface area contributed by atoms with E-state index in [9.17, 15) is 14.7 Å². The monoisotopic (exact) mass is 308 g/mol. The minimum atomic E-state index is -1.68. The molecule has 0 heterocycles. The third-order valence-corrected chi connectivity index (χ3v) is 3.32. The fourth-order valence-electron chi connectivity index (χ4n) is 2.19. The smallest absolute Gasteiger partial charge is 0.334 e. The lowest BCUT2D eigenvalue weighted by Crippen LogP contribution is -2.53. The van der Waals surface area contributed by atoms with Crippen LogP contribution in [0.1, 0.15) is 25.8 Å². The molecule has 1 amide bonds. The van der Waals surface area contributed by atoms with Gasteiger partial charge in [-0.1, -0.05) is 44.2 Å². The average Bonchev–Trinajstić information content (AvgIpc) is 2.45. The highest BCUT2D eigenvalue weighted by atomic mass is 16.4. The van der Waals surface area contributed by atoms with Crippen molar-refractivity contribution >= 4 is 11.9 Å². The summed E-state index contributed by atoms with van der Waals surface area (Å²) >= 11 is 0. The first-order chi connectivity index (χ1) is 10.3. The third-order valence-electron chi connectivity index (χ3n) is 3.32. The summed E-state index contributed by atoms with van der Waals surface area (Å²) in [6, 6.07) is 7.43. The lowest BCUT2D eigenvalue weighted by atomic mass is 9.99. The normalized spacial score (nSPS) is 15.1. The largest absolute Gasteiger partial charge is 0.479 e. The first kappa shape index (κ1) is 18.1. The van der Waals surface area contributed by atoms with E-state index < -0.39 is 30.1 Å². The van der Waals surface area contributed by atoms with Crippen LogP contribution in [-0.2, 0) is 16.0 Å². The zero-order valence-corrected chi connectivity index (χ0v) is 12.9. The number of carbonyl (C=O) groups is 2. The Morgan fingerprint density at radius 3 is 2.32 bits per heavy atom. The number of hydrogen-bond donors (Lipinski definition) is 4. The van der Waals surface area contributed by atoms with E-state index in [0.717, 1.165) is 5.56 Å². The second-order valence-electron chi connectivity index (χ2n) is 5.82. The standard InChI is InChI=1S/C16H24N2O4/c1-10(2)8-12(17)15(20)18-13(14(19)16(21)22)9-11-6-4-3-5-7-11/h3-7,10,12-14,19H,8-9,17H2,1-2H3,(H,18,20)(H,21,22)/t12-,13-,14+/m1/s1. The van der Waals surface area contributed by atoms with Gasteiger partial charge in [0, 0.05) is 0 Å². The van der Waals surface area contributed by atoms with Gasteiger partial charge in [0.25, 0.3) is 0 Å². The summed E-state index contributed by atoms with van der Waals surface area (Å²) in [6.45, 7) is 3.89. The number of rotatable bonds is 8. The summed E-state index contributed by atoms with van der Waals surface area (Å²) < 4.78 is 0. The van der Waals surface area contributed by atoms with Crippen LogP contribution < -0.4 is 11.1 Å². The molecule has 6 nitrogen and oxygen atoms in total. The second-order valence-corrected chi connectivity index (χ2v) is 5.82. The summed E-state index contributed by atoms with van der Waals surface area (Å²) in [4.78, 5) is 23.1. The van der Waals surface area contributed by atoms with Crippen LogP contribution in [0.4, 0.5) is 0 Å². The number of aliphatic carboxylic acids is 1. The van der Waals surface area contributed by atoms with Crippen LogP contribution >= 0.6 is 0 Å². The SMILES string of the molecule is CC(C)C[C@@H](N)C(=O)N[C@H](Cc1ccccc1)[C@H](O)C(=O)O. The number of nitrogens with one attached hydrogen (secondary N) is 1. The first-order valence-electron chi connectivity index (χ1n) is 7.32. The molecule has 0 aliphatic heterocycles. The highest BCUT2D eigenvalue weighted by molar-refractivity contribution is 5.83. The van der Waals surface area contributed by atoms with Gasteiger partial charge in [0.2, 0.25) is 5.91 Å². The molecule has 3 atom stereocenters. The Kier molecular flexibility index (Phi) is 7.01. The number of hydrogen-bond acceptors (Lipinski definition) is 4. The van der Waals surface area contributed by atoms with E-state index in [1.807, 2.05) is 44.2 Å². The predicted molar refractivity (Wildman–Crippen MR) is 83.1 cm³/mol. The quantitative estimate of drug-likeness (QED) is 0.559. The summed E-state index contributed by atoms with van der Waals surface area (Å²) in [7, 11) is 0. The summed E-state index contributed by atoms with van der Waals surface area (Å²) in [5, 5.41) is 21.4. The van der Waals surface area contributed by atoms with Crippen LogP contribution in [0, 0.1) is 5.92 Å². The maximum atomic E-state index is 12.1. The van der Waals surface area contributed by atoms with Crippen LogP contribution in [-0.4, -0.2) is 40.3 Å². The zero-order chi connectivity index (χ0) is 16.7. The summed E-state index contributed by atoms with van der Waals surface area (Å²) in [5.74, 6) is -1.58. The number of benzene rings is 1. The van der Waals surface area contributed by atoms with Crippen molar-refractivity contribution in [1.29, 1.82) is 0 Å². The molecule has 1 rings (SSSR count). The zero-order valence-electron chi connectivity index (χ0n) is 12.9. The molecule has 5 N–H and O–H groups in total. The summed E-state index contributed by atoms with van der Waals surface area (Å²) in [6.07, 6.45) is -0.975. The molecule has 1 aromatic rings. The van der Waals surface area contributed by atoms with Crippen LogP contribution in [0.15, 0.2) is 30.3 Å². The Morgan fingerprint density at radius 2 is 1.82 bits per heavy atom. The molecule has 22 heavy (non-hydrogen) atoms. The Hall–Kier alpha value is -1.92. The Balaban J connectivity index is 2.78. The molecular weight excluding hydrogens is 284 g/mol. The minimum absolute atomic E-state index is 0.217. The molecule has 6 heteroatoms. The van der Waals surface area contributed by atoms with Gasteiger partial charge in [-0.05, 0) is 24.3 Å². The van der Waals surface area contributed by atoms with Gasteiger partial charge in [0.1, 0.15) is 0 Å². The fourth-order valence-corrected chi connectivity index (χ4v) is 2.19. The number of carboxylic acid groups (broad SMARTS) is 1. The van der Waals surface area contributed by atoms with Gasteiger partial charge in [0.15, 0.2) is 6.10 Å². The molecule has 1 aromatic carbocycles. The van der Waals surface area contributed by atoms with E-state index in [2.05, 4.69) is 5.32 Å². The van der Waals surface area contributed by atoms with Crippen LogP contribution in [0.25, 0.3) is 0 Å². The van der Waals surface area contributed by atoms with E-state index in [1.54, 1.807) is 0 Å². The van der Waals surface area contributed by atoms with E-state index in [-0.39, 0.29) is 12.3 Å². The molecule has 0 aliphatic carbocycles. The molecule has 0 unspecified atom stereocenters. The van der Waals surface area contributed by atoms with Crippen molar-refractivity contribution in [2.24, 2.45) is 11.7 Å². The van der Waals surface area contributed by atoms with Gasteiger partial charge >= 0.3 is 5.97 Å². The topological polar surface area (TPSA) is 113 Å². The molecular formula is C16H24N2O4. The van der Waals surface area contributed by atoms with Gasteiger partial charge in [-0.15, -0.1) is 0 Å². The van der Waals surface area contributed by atoms with Gasteiger partial charge < -0.3 is 21.3 Å². The van der Waals surface area contributed by atoms with Crippen LogP contribution in [0.2, 0.25) is 0 Å². The van der Waals surface area contributed by atoms with Gasteiger partial charge in [0.05, 0.1) is 12.1 Å². The number of aliphatic hydroxyl groups is 1. The Labute approximate surface area is 130 Å². The molecule has 0 saturated heterocycles. The molecule has 0 spiro atoms. The number of nitrogens with two attached hydrogens (primary N) is 1. The van der Waals surface area contributed by atoms with E-state index in [0.29, 0.717) is 6.42 Å². The van der Waals surface area contributed by atoms with Crippen LogP contribution in [0.3, 0.4) is 0 Å². The van der Waals surface area contributed by atoms with Crippen molar-refractivity contribution in [3.63, 3.8) is 0 Å². The van der Waals surface area contributed by atoms with Crippen LogP contribution in [0.5, 0.6) is 0 Å². The van der Waals surface area contributed by atoms with E-state index in [4.69, 9.17) is 10.8 Å². The molecule has 0 aliphatic rings. The maximum absolute atomic E-state index is 12.1. The van der Waals surface area contributed by atoms with Crippen molar-refractivity contribution < 1.29 is 19.8 Å². The molecule has 0 bridgehead atoms. The molecule has 122 valence electrons. The van der Waals surface area contributed by atoms with Gasteiger partial charge in [-0.2, -0.15) is 0 Å². The molecule has 0 fully saturated rings. The van der Waals surface area contributed by atoms with Crippen molar-refractivity contribution in [2.45, 2.75) is 44.9 Å². The van der Waals surface area contributed by atoms with Gasteiger partial charge in [-0.25, -0.2) is 4.79 Å². The molecule has 0 radical (unpaired) electrons. The van der Waals surface area contributed by atoms with Crippen molar-refractivity contribution in [3.05, 3.63) is 35.9 Å².